The Morgan fingerprint density at radius 2 is 1.81 bits per heavy atom. The predicted molar refractivity (Wildman–Crippen MR) is 125 cm³/mol. The highest BCUT2D eigenvalue weighted by Gasteiger charge is 2.33. The molecule has 8 nitrogen and oxygen atoms in total. The van der Waals surface area contributed by atoms with E-state index in [1.165, 1.54) is 5.69 Å². The fourth-order valence-corrected chi connectivity index (χ4v) is 6.38. The van der Waals surface area contributed by atoms with Gasteiger partial charge in [0.05, 0.1) is 18.2 Å². The van der Waals surface area contributed by atoms with Gasteiger partial charge < -0.3 is 9.32 Å². The Balaban J connectivity index is 1.36. The number of anilines is 1. The van der Waals surface area contributed by atoms with Gasteiger partial charge in [-0.3, -0.25) is 9.80 Å². The van der Waals surface area contributed by atoms with Crippen molar-refractivity contribution in [3.05, 3.63) is 29.1 Å². The van der Waals surface area contributed by atoms with E-state index in [4.69, 9.17) is 16.6 Å². The van der Waals surface area contributed by atoms with Crippen LogP contribution in [-0.4, -0.2) is 84.8 Å². The molecule has 2 fully saturated rings. The summed E-state index contributed by atoms with van der Waals surface area (Å²) >= 11 is 5.40. The van der Waals surface area contributed by atoms with E-state index in [0.717, 1.165) is 51.3 Å². The molecule has 1 aromatic heterocycles. The van der Waals surface area contributed by atoms with Gasteiger partial charge in [-0.15, -0.1) is 5.10 Å². The van der Waals surface area contributed by atoms with Gasteiger partial charge in [0, 0.05) is 56.6 Å². The topological polar surface area (TPSA) is 74.8 Å². The number of benzene rings is 1. The van der Waals surface area contributed by atoms with Crippen molar-refractivity contribution >= 4 is 27.7 Å². The summed E-state index contributed by atoms with van der Waals surface area (Å²) in [6.45, 7) is 10.3. The fraction of sp³-hybridized carbons (Fsp3) is 0.619. The summed E-state index contributed by atoms with van der Waals surface area (Å²) in [7, 11) is -2.85. The summed E-state index contributed by atoms with van der Waals surface area (Å²) in [5.41, 5.74) is 2.09. The van der Waals surface area contributed by atoms with Crippen molar-refractivity contribution in [3.63, 3.8) is 0 Å². The van der Waals surface area contributed by atoms with Crippen LogP contribution in [0.25, 0.3) is 11.5 Å². The second-order valence-electron chi connectivity index (χ2n) is 8.24. The summed E-state index contributed by atoms with van der Waals surface area (Å²) in [5.74, 6) is 1.16. The number of hydrogen-bond acceptors (Lipinski definition) is 8. The van der Waals surface area contributed by atoms with Gasteiger partial charge in [0.2, 0.25) is 5.89 Å². The third-order valence-electron chi connectivity index (χ3n) is 6.31. The van der Waals surface area contributed by atoms with Gasteiger partial charge in [-0.2, -0.15) is 0 Å². The zero-order valence-electron chi connectivity index (χ0n) is 18.2. The van der Waals surface area contributed by atoms with Gasteiger partial charge in [-0.05, 0) is 56.8 Å². The van der Waals surface area contributed by atoms with Gasteiger partial charge in [0.15, 0.2) is 9.84 Å². The molecule has 31 heavy (non-hydrogen) atoms. The minimum absolute atomic E-state index is 0.173. The van der Waals surface area contributed by atoms with Crippen molar-refractivity contribution in [1.82, 2.24) is 19.6 Å². The third-order valence-corrected chi connectivity index (χ3v) is 8.36. The fourth-order valence-electron chi connectivity index (χ4n) is 4.44. The van der Waals surface area contributed by atoms with Gasteiger partial charge in [-0.25, -0.2) is 13.1 Å². The van der Waals surface area contributed by atoms with E-state index in [2.05, 4.69) is 45.8 Å². The lowest BCUT2D eigenvalue weighted by molar-refractivity contribution is 0.0803. The quantitative estimate of drug-likeness (QED) is 0.578. The van der Waals surface area contributed by atoms with Crippen LogP contribution in [0.2, 0.25) is 0 Å². The van der Waals surface area contributed by atoms with E-state index < -0.39 is 9.84 Å². The van der Waals surface area contributed by atoms with E-state index in [0.29, 0.717) is 28.9 Å². The molecular formula is C21H31N5O3S2. The maximum absolute atomic E-state index is 11.8. The lowest BCUT2D eigenvalue weighted by Gasteiger charge is -2.37. The Morgan fingerprint density at radius 3 is 2.39 bits per heavy atom. The number of sulfone groups is 1. The zero-order chi connectivity index (χ0) is 22.0. The van der Waals surface area contributed by atoms with Crippen LogP contribution in [0.1, 0.15) is 20.3 Å². The van der Waals surface area contributed by atoms with Crippen LogP contribution >= 0.6 is 12.2 Å². The molecule has 0 aliphatic carbocycles. The number of hydrogen-bond donors (Lipinski definition) is 0. The maximum Gasteiger partial charge on any atom is 0.288 e. The lowest BCUT2D eigenvalue weighted by atomic mass is 10.2. The molecule has 4 rings (SSSR count). The molecule has 0 amide bonds. The molecule has 10 heteroatoms. The first kappa shape index (κ1) is 22.4. The summed E-state index contributed by atoms with van der Waals surface area (Å²) in [6.07, 6.45) is 0.757. The molecule has 0 N–H and O–H groups in total. The maximum atomic E-state index is 11.8. The standard InChI is InChI=1S/C21H31N5O3S2/c1-3-24(4-2)18-7-5-17(6-8-18)20-22-26(21(30)29-20)16-23-10-12-25(13-11-23)19-9-14-31(27,28)15-19/h5-8,19H,3-4,9-16H2,1-2H3. The van der Waals surface area contributed by atoms with Crippen LogP contribution in [0.4, 0.5) is 5.69 Å². The molecule has 2 aliphatic heterocycles. The average Bonchev–Trinajstić information content (AvgIpc) is 3.32. The number of piperazine rings is 1. The Kier molecular flexibility index (Phi) is 6.80. The van der Waals surface area contributed by atoms with Crippen LogP contribution in [0.5, 0.6) is 0 Å². The molecule has 1 unspecified atom stereocenters. The number of nitrogens with zero attached hydrogens (tertiary/aromatic N) is 5. The summed E-state index contributed by atoms with van der Waals surface area (Å²) in [5, 5.41) is 4.60. The predicted octanol–water partition coefficient (Wildman–Crippen LogP) is 2.48. The first-order valence-corrected chi connectivity index (χ1v) is 13.2. The first-order valence-electron chi connectivity index (χ1n) is 11.0. The molecule has 1 atom stereocenters. The molecule has 0 bridgehead atoms. The molecular weight excluding hydrogens is 434 g/mol. The molecule has 1 aromatic carbocycles. The average molecular weight is 466 g/mol. The molecule has 3 heterocycles. The largest absolute Gasteiger partial charge is 0.409 e. The second kappa shape index (κ2) is 9.40. The third kappa shape index (κ3) is 5.19. The summed E-state index contributed by atoms with van der Waals surface area (Å²) in [6, 6.07) is 8.39. The molecule has 2 aromatic rings. The van der Waals surface area contributed by atoms with Gasteiger partial charge in [-0.1, -0.05) is 0 Å². The van der Waals surface area contributed by atoms with Crippen molar-refractivity contribution in [2.75, 3.05) is 55.7 Å². The lowest BCUT2D eigenvalue weighted by Crippen LogP contribution is -2.50. The Labute approximate surface area is 189 Å². The normalized spacial score (nSPS) is 22.1. The van der Waals surface area contributed by atoms with Gasteiger partial charge in [0.1, 0.15) is 0 Å². The Morgan fingerprint density at radius 1 is 1.13 bits per heavy atom. The highest BCUT2D eigenvalue weighted by molar-refractivity contribution is 7.91. The van der Waals surface area contributed by atoms with Crippen LogP contribution in [0, 0.1) is 4.84 Å². The Hall–Kier alpha value is -1.75. The van der Waals surface area contributed by atoms with Crippen molar-refractivity contribution in [2.45, 2.75) is 33.0 Å². The van der Waals surface area contributed by atoms with Crippen molar-refractivity contribution < 1.29 is 12.8 Å². The van der Waals surface area contributed by atoms with Crippen LogP contribution in [-0.2, 0) is 16.5 Å². The molecule has 0 saturated carbocycles. The van der Waals surface area contributed by atoms with Crippen molar-refractivity contribution in [2.24, 2.45) is 0 Å². The zero-order valence-corrected chi connectivity index (χ0v) is 19.9. The van der Waals surface area contributed by atoms with Gasteiger partial charge >= 0.3 is 0 Å². The number of rotatable bonds is 7. The summed E-state index contributed by atoms with van der Waals surface area (Å²) in [4.78, 5) is 7.25. The van der Waals surface area contributed by atoms with E-state index in [1.54, 1.807) is 4.68 Å². The number of aromatic nitrogens is 2. The molecule has 0 spiro atoms. The smallest absolute Gasteiger partial charge is 0.288 e. The van der Waals surface area contributed by atoms with Crippen LogP contribution in [0.3, 0.4) is 0 Å². The van der Waals surface area contributed by atoms with Crippen LogP contribution in [0.15, 0.2) is 28.7 Å². The highest BCUT2D eigenvalue weighted by atomic mass is 32.2. The van der Waals surface area contributed by atoms with Crippen molar-refractivity contribution in [1.29, 1.82) is 0 Å². The Bertz CT molecular complexity index is 1040. The first-order chi connectivity index (χ1) is 14.9. The van der Waals surface area contributed by atoms with E-state index in [-0.39, 0.29) is 6.04 Å². The summed E-state index contributed by atoms with van der Waals surface area (Å²) < 4.78 is 31.0. The molecule has 0 radical (unpaired) electrons. The van der Waals surface area contributed by atoms with E-state index >= 15 is 0 Å². The van der Waals surface area contributed by atoms with Crippen molar-refractivity contribution in [3.8, 4) is 11.5 Å². The minimum Gasteiger partial charge on any atom is -0.409 e. The molecule has 170 valence electrons. The van der Waals surface area contributed by atoms with E-state index in [1.807, 2.05) is 12.1 Å². The minimum atomic E-state index is -2.85. The highest BCUT2D eigenvalue weighted by Crippen LogP contribution is 2.23. The monoisotopic (exact) mass is 465 g/mol. The molecule has 2 aliphatic rings. The van der Waals surface area contributed by atoms with Crippen LogP contribution < -0.4 is 4.90 Å². The molecule has 2 saturated heterocycles. The van der Waals surface area contributed by atoms with E-state index in [9.17, 15) is 8.42 Å². The SMILES string of the molecule is CCN(CC)c1ccc(-c2nn(CN3CCN(C4CCS(=O)(=O)C4)CC3)c(=S)o2)cc1. The second-order valence-corrected chi connectivity index (χ2v) is 10.8. The van der Waals surface area contributed by atoms with Gasteiger partial charge in [0.25, 0.3) is 4.84 Å².